The molecule has 2 heterocycles. The van der Waals surface area contributed by atoms with Gasteiger partial charge in [0.2, 0.25) is 0 Å². The first-order valence-corrected chi connectivity index (χ1v) is 8.93. The molecule has 1 N–H and O–H groups in total. The van der Waals surface area contributed by atoms with Gasteiger partial charge < -0.3 is 4.98 Å². The number of aryl methyl sites for hydroxylation is 1. The van der Waals surface area contributed by atoms with E-state index in [1.165, 1.54) is 0 Å². The highest BCUT2D eigenvalue weighted by Crippen LogP contribution is 2.24. The van der Waals surface area contributed by atoms with Gasteiger partial charge in [0.25, 0.3) is 0 Å². The minimum Gasteiger partial charge on any atom is -0.339 e. The van der Waals surface area contributed by atoms with Gasteiger partial charge in [0.15, 0.2) is 5.43 Å². The minimum absolute atomic E-state index is 0.00861. The molecule has 0 spiro atoms. The number of benzene rings is 2. The number of nitrogens with one attached hydrogen (secondary N) is 1. The predicted octanol–water partition coefficient (Wildman–Crippen LogP) is 4.71. The molecule has 0 amide bonds. The molecule has 124 valence electrons. The maximum absolute atomic E-state index is 12.8. The van der Waals surface area contributed by atoms with Gasteiger partial charge in [0.1, 0.15) is 5.65 Å². The summed E-state index contributed by atoms with van der Waals surface area (Å²) in [6.07, 6.45) is 0.705. The SMILES string of the molecule is CCc1nn(-c2ccccc2)c2[nH]c(-c3ccc(Br)cc3)cc(=O)c12. The van der Waals surface area contributed by atoms with E-state index < -0.39 is 0 Å². The number of hydrogen-bond donors (Lipinski definition) is 1. The summed E-state index contributed by atoms with van der Waals surface area (Å²) in [5, 5.41) is 5.33. The summed E-state index contributed by atoms with van der Waals surface area (Å²) >= 11 is 3.44. The van der Waals surface area contributed by atoms with Crippen LogP contribution in [0.5, 0.6) is 0 Å². The van der Waals surface area contributed by atoms with Gasteiger partial charge >= 0.3 is 0 Å². The largest absolute Gasteiger partial charge is 0.339 e. The van der Waals surface area contributed by atoms with E-state index in [0.717, 1.165) is 32.8 Å². The third kappa shape index (κ3) is 2.81. The first-order chi connectivity index (χ1) is 12.2. The fourth-order valence-electron chi connectivity index (χ4n) is 2.99. The molecule has 4 nitrogen and oxygen atoms in total. The summed E-state index contributed by atoms with van der Waals surface area (Å²) in [6, 6.07) is 19.4. The molecule has 4 rings (SSSR count). The molecule has 0 saturated carbocycles. The van der Waals surface area contributed by atoms with Crippen molar-refractivity contribution in [2.24, 2.45) is 0 Å². The van der Waals surface area contributed by atoms with E-state index in [1.807, 2.05) is 66.2 Å². The number of pyridine rings is 1. The number of aromatic amines is 1. The van der Waals surface area contributed by atoms with Gasteiger partial charge in [-0.1, -0.05) is 53.2 Å². The molecule has 0 saturated heterocycles. The minimum atomic E-state index is -0.00861. The van der Waals surface area contributed by atoms with Crippen molar-refractivity contribution >= 4 is 27.0 Å². The Kier molecular flexibility index (Phi) is 4.01. The van der Waals surface area contributed by atoms with E-state index in [-0.39, 0.29) is 5.43 Å². The first kappa shape index (κ1) is 15.8. The molecule has 5 heteroatoms. The lowest BCUT2D eigenvalue weighted by Gasteiger charge is -2.06. The standard InChI is InChI=1S/C20H16BrN3O/c1-2-16-19-18(25)12-17(13-8-10-14(21)11-9-13)22-20(19)24(23-16)15-6-4-3-5-7-15/h3-12H,2H2,1H3,(H,22,25). The van der Waals surface area contributed by atoms with Crippen LogP contribution in [0.3, 0.4) is 0 Å². The number of fused-ring (bicyclic) bond motifs is 1. The quantitative estimate of drug-likeness (QED) is 0.547. The fourth-order valence-corrected chi connectivity index (χ4v) is 3.26. The van der Waals surface area contributed by atoms with Crippen LogP contribution in [0.2, 0.25) is 0 Å². The van der Waals surface area contributed by atoms with Crippen molar-refractivity contribution in [2.75, 3.05) is 0 Å². The van der Waals surface area contributed by atoms with Crippen LogP contribution < -0.4 is 5.43 Å². The monoisotopic (exact) mass is 393 g/mol. The predicted molar refractivity (Wildman–Crippen MR) is 104 cm³/mol. The van der Waals surface area contributed by atoms with E-state index in [4.69, 9.17) is 0 Å². The lowest BCUT2D eigenvalue weighted by molar-refractivity contribution is 0.855. The maximum Gasteiger partial charge on any atom is 0.193 e. The molecule has 4 aromatic rings. The average molecular weight is 394 g/mol. The Labute approximate surface area is 153 Å². The van der Waals surface area contributed by atoms with Crippen LogP contribution in [0.25, 0.3) is 28.0 Å². The molecule has 2 aromatic carbocycles. The zero-order chi connectivity index (χ0) is 17.4. The fraction of sp³-hybridized carbons (Fsp3) is 0.100. The highest BCUT2D eigenvalue weighted by Gasteiger charge is 2.15. The van der Waals surface area contributed by atoms with Crippen LogP contribution in [0.15, 0.2) is 69.9 Å². The van der Waals surface area contributed by atoms with Gasteiger partial charge in [0.05, 0.1) is 22.5 Å². The maximum atomic E-state index is 12.8. The van der Waals surface area contributed by atoms with Crippen LogP contribution >= 0.6 is 15.9 Å². The van der Waals surface area contributed by atoms with Crippen molar-refractivity contribution in [2.45, 2.75) is 13.3 Å². The van der Waals surface area contributed by atoms with Crippen LogP contribution in [-0.4, -0.2) is 14.8 Å². The Morgan fingerprint density at radius 1 is 1.08 bits per heavy atom. The summed E-state index contributed by atoms with van der Waals surface area (Å²) in [5.41, 5.74) is 4.20. The number of para-hydroxylation sites is 1. The third-order valence-electron chi connectivity index (χ3n) is 4.22. The van der Waals surface area contributed by atoms with Crippen molar-refractivity contribution in [1.29, 1.82) is 0 Å². The van der Waals surface area contributed by atoms with E-state index in [1.54, 1.807) is 6.07 Å². The molecular weight excluding hydrogens is 378 g/mol. The third-order valence-corrected chi connectivity index (χ3v) is 4.75. The van der Waals surface area contributed by atoms with Crippen molar-refractivity contribution in [3.05, 3.63) is 81.1 Å². The van der Waals surface area contributed by atoms with Gasteiger partial charge in [0, 0.05) is 10.5 Å². The van der Waals surface area contributed by atoms with Gasteiger partial charge in [-0.2, -0.15) is 5.10 Å². The molecule has 0 unspecified atom stereocenters. The second kappa shape index (κ2) is 6.33. The van der Waals surface area contributed by atoms with Crippen molar-refractivity contribution < 1.29 is 0 Å². The lowest BCUT2D eigenvalue weighted by atomic mass is 10.1. The molecule has 0 aliphatic carbocycles. The highest BCUT2D eigenvalue weighted by atomic mass is 79.9. The average Bonchev–Trinajstić information content (AvgIpc) is 3.02. The smallest absolute Gasteiger partial charge is 0.193 e. The molecule has 25 heavy (non-hydrogen) atoms. The van der Waals surface area contributed by atoms with Crippen molar-refractivity contribution in [3.8, 4) is 16.9 Å². The van der Waals surface area contributed by atoms with Gasteiger partial charge in [-0.05, 0) is 36.2 Å². The lowest BCUT2D eigenvalue weighted by Crippen LogP contribution is -2.05. The Morgan fingerprint density at radius 3 is 2.48 bits per heavy atom. The summed E-state index contributed by atoms with van der Waals surface area (Å²) in [6.45, 7) is 2.01. The Morgan fingerprint density at radius 2 is 1.80 bits per heavy atom. The summed E-state index contributed by atoms with van der Waals surface area (Å²) in [4.78, 5) is 16.2. The van der Waals surface area contributed by atoms with Gasteiger partial charge in [-0.25, -0.2) is 4.68 Å². The van der Waals surface area contributed by atoms with Crippen LogP contribution in [0.4, 0.5) is 0 Å². The normalized spacial score (nSPS) is 11.1. The second-order valence-corrected chi connectivity index (χ2v) is 6.74. The molecule has 0 atom stereocenters. The zero-order valence-electron chi connectivity index (χ0n) is 13.7. The topological polar surface area (TPSA) is 50.7 Å². The number of aromatic nitrogens is 3. The summed E-state index contributed by atoms with van der Waals surface area (Å²) < 4.78 is 2.82. The molecule has 2 aromatic heterocycles. The number of H-pyrrole nitrogens is 1. The molecule has 0 aliphatic rings. The highest BCUT2D eigenvalue weighted by molar-refractivity contribution is 9.10. The van der Waals surface area contributed by atoms with Crippen LogP contribution in [0.1, 0.15) is 12.6 Å². The zero-order valence-corrected chi connectivity index (χ0v) is 15.2. The van der Waals surface area contributed by atoms with E-state index >= 15 is 0 Å². The summed E-state index contributed by atoms with van der Waals surface area (Å²) in [5.74, 6) is 0. The Hall–Kier alpha value is -2.66. The van der Waals surface area contributed by atoms with E-state index in [2.05, 4.69) is 26.0 Å². The molecule has 0 aliphatic heterocycles. The number of nitrogens with zero attached hydrogens (tertiary/aromatic N) is 2. The van der Waals surface area contributed by atoms with Crippen molar-refractivity contribution in [3.63, 3.8) is 0 Å². The number of hydrogen-bond acceptors (Lipinski definition) is 2. The van der Waals surface area contributed by atoms with Gasteiger partial charge in [-0.15, -0.1) is 0 Å². The first-order valence-electron chi connectivity index (χ1n) is 8.13. The Bertz CT molecular complexity index is 1100. The number of halogens is 1. The van der Waals surface area contributed by atoms with Gasteiger partial charge in [-0.3, -0.25) is 4.79 Å². The number of rotatable bonds is 3. The molecule has 0 bridgehead atoms. The molecular formula is C20H16BrN3O. The van der Waals surface area contributed by atoms with Crippen molar-refractivity contribution in [1.82, 2.24) is 14.8 Å². The van der Waals surface area contributed by atoms with E-state index in [9.17, 15) is 4.79 Å². The summed E-state index contributed by atoms with van der Waals surface area (Å²) in [7, 11) is 0. The molecule has 0 fully saturated rings. The molecule has 0 radical (unpaired) electrons. The van der Waals surface area contributed by atoms with Crippen LogP contribution in [0, 0.1) is 0 Å². The van der Waals surface area contributed by atoms with E-state index in [0.29, 0.717) is 11.8 Å². The van der Waals surface area contributed by atoms with Crippen LogP contribution in [-0.2, 0) is 6.42 Å². The Balaban J connectivity index is 2.01. The second-order valence-electron chi connectivity index (χ2n) is 5.83.